The predicted molar refractivity (Wildman–Crippen MR) is 70.5 cm³/mol. The molecule has 5 nitrogen and oxygen atoms in total. The van der Waals surface area contributed by atoms with E-state index >= 15 is 0 Å². The first-order valence-electron chi connectivity index (χ1n) is 5.88. The van der Waals surface area contributed by atoms with Crippen molar-refractivity contribution >= 4 is 23.7 Å². The Morgan fingerprint density at radius 3 is 2.50 bits per heavy atom. The molecule has 1 unspecified atom stereocenters. The maximum Gasteiger partial charge on any atom is 0.331 e. The van der Waals surface area contributed by atoms with Crippen LogP contribution in [0.15, 0.2) is 12.2 Å². The van der Waals surface area contributed by atoms with E-state index in [1.54, 1.807) is 0 Å². The van der Waals surface area contributed by atoms with Crippen LogP contribution in [0.1, 0.15) is 6.92 Å². The molecule has 1 saturated heterocycles. The van der Waals surface area contributed by atoms with Crippen LogP contribution in [0.25, 0.3) is 0 Å². The Labute approximate surface area is 111 Å². The molecule has 0 N–H and O–H groups in total. The Balaban J connectivity index is 2.24. The molecular formula is C12H19NO4S. The van der Waals surface area contributed by atoms with E-state index in [2.05, 4.69) is 9.64 Å². The number of rotatable bonds is 5. The van der Waals surface area contributed by atoms with Crippen molar-refractivity contribution in [2.75, 3.05) is 38.3 Å². The van der Waals surface area contributed by atoms with Crippen LogP contribution in [-0.4, -0.2) is 61.2 Å². The summed E-state index contributed by atoms with van der Waals surface area (Å²) in [6, 6.07) is 0.210. The Bertz CT molecular complexity index is 313. The predicted octanol–water partition coefficient (Wildman–Crippen LogP) is 0.696. The summed E-state index contributed by atoms with van der Waals surface area (Å²) < 4.78 is 9.45. The number of hydrogen-bond donors (Lipinski definition) is 0. The third-order valence-corrected chi connectivity index (χ3v) is 3.63. The Kier molecular flexibility index (Phi) is 6.82. The highest BCUT2D eigenvalue weighted by atomic mass is 32.2. The van der Waals surface area contributed by atoms with Crippen molar-refractivity contribution in [3.63, 3.8) is 0 Å². The first-order chi connectivity index (χ1) is 8.63. The zero-order valence-corrected chi connectivity index (χ0v) is 11.6. The van der Waals surface area contributed by atoms with Gasteiger partial charge in [-0.3, -0.25) is 4.90 Å². The number of thioether (sulfide) groups is 1. The van der Waals surface area contributed by atoms with Gasteiger partial charge >= 0.3 is 11.9 Å². The molecule has 0 aromatic heterocycles. The fourth-order valence-corrected chi connectivity index (χ4v) is 2.51. The van der Waals surface area contributed by atoms with Gasteiger partial charge in [0.25, 0.3) is 0 Å². The van der Waals surface area contributed by atoms with Crippen LogP contribution in [-0.2, 0) is 19.1 Å². The second-order valence-electron chi connectivity index (χ2n) is 3.98. The lowest BCUT2D eigenvalue weighted by molar-refractivity contribution is -0.140. The standard InChI is InChI=1S/C12H19NO4S/c1-10(13-5-7-18-8-6-13)9-17-12(15)4-3-11(14)16-2/h3-4,10H,5-9H2,1-2H3. The van der Waals surface area contributed by atoms with Crippen LogP contribution >= 0.6 is 11.8 Å². The monoisotopic (exact) mass is 273 g/mol. The molecular weight excluding hydrogens is 254 g/mol. The molecule has 0 saturated carbocycles. The number of esters is 2. The van der Waals surface area contributed by atoms with E-state index < -0.39 is 11.9 Å². The molecule has 1 aliphatic heterocycles. The lowest BCUT2D eigenvalue weighted by Crippen LogP contribution is -2.42. The average molecular weight is 273 g/mol. The van der Waals surface area contributed by atoms with Crippen LogP contribution in [0.5, 0.6) is 0 Å². The zero-order chi connectivity index (χ0) is 13.4. The van der Waals surface area contributed by atoms with E-state index in [1.165, 1.54) is 7.11 Å². The van der Waals surface area contributed by atoms with Gasteiger partial charge in [-0.2, -0.15) is 11.8 Å². The Hall–Kier alpha value is -1.01. The van der Waals surface area contributed by atoms with Crippen LogP contribution in [0.3, 0.4) is 0 Å². The van der Waals surface area contributed by atoms with Crippen molar-refractivity contribution in [3.05, 3.63) is 12.2 Å². The van der Waals surface area contributed by atoms with Gasteiger partial charge < -0.3 is 9.47 Å². The molecule has 1 rings (SSSR count). The summed E-state index contributed by atoms with van der Waals surface area (Å²) in [6.45, 7) is 4.44. The summed E-state index contributed by atoms with van der Waals surface area (Å²) in [7, 11) is 1.26. The van der Waals surface area contributed by atoms with Gasteiger partial charge in [-0.25, -0.2) is 9.59 Å². The van der Waals surface area contributed by atoms with Crippen molar-refractivity contribution in [1.82, 2.24) is 4.90 Å². The summed E-state index contributed by atoms with van der Waals surface area (Å²) in [5.41, 5.74) is 0. The molecule has 1 heterocycles. The van der Waals surface area contributed by atoms with Crippen molar-refractivity contribution < 1.29 is 19.1 Å². The maximum absolute atomic E-state index is 11.3. The summed E-state index contributed by atoms with van der Waals surface area (Å²) in [5.74, 6) is 1.17. The lowest BCUT2D eigenvalue weighted by Gasteiger charge is -2.31. The normalized spacial score (nSPS) is 18.6. The minimum Gasteiger partial charge on any atom is -0.466 e. The highest BCUT2D eigenvalue weighted by Crippen LogP contribution is 2.12. The van der Waals surface area contributed by atoms with Crippen LogP contribution in [0.2, 0.25) is 0 Å². The van der Waals surface area contributed by atoms with Crippen LogP contribution in [0.4, 0.5) is 0 Å². The molecule has 0 aromatic carbocycles. The molecule has 6 heteroatoms. The molecule has 0 radical (unpaired) electrons. The Morgan fingerprint density at radius 1 is 1.28 bits per heavy atom. The third kappa shape index (κ3) is 5.55. The van der Waals surface area contributed by atoms with Gasteiger partial charge in [-0.05, 0) is 6.92 Å². The molecule has 0 aromatic rings. The summed E-state index contributed by atoms with van der Waals surface area (Å²) in [5, 5.41) is 0. The molecule has 102 valence electrons. The number of carbonyl (C=O) groups is 2. The van der Waals surface area contributed by atoms with E-state index in [1.807, 2.05) is 18.7 Å². The van der Waals surface area contributed by atoms with E-state index in [-0.39, 0.29) is 6.04 Å². The van der Waals surface area contributed by atoms with Crippen LogP contribution < -0.4 is 0 Å². The molecule has 0 spiro atoms. The zero-order valence-electron chi connectivity index (χ0n) is 10.8. The van der Waals surface area contributed by atoms with Crippen molar-refractivity contribution in [3.8, 4) is 0 Å². The fraction of sp³-hybridized carbons (Fsp3) is 0.667. The lowest BCUT2D eigenvalue weighted by atomic mass is 10.3. The summed E-state index contributed by atoms with van der Waals surface area (Å²) in [6.07, 6.45) is 2.15. The van der Waals surface area contributed by atoms with Gasteiger partial charge in [-0.1, -0.05) is 0 Å². The topological polar surface area (TPSA) is 55.8 Å². The van der Waals surface area contributed by atoms with Crippen LogP contribution in [0, 0.1) is 0 Å². The van der Waals surface area contributed by atoms with E-state index in [4.69, 9.17) is 4.74 Å². The SMILES string of the molecule is COC(=O)C=CC(=O)OCC(C)N1CCSCC1. The molecule has 0 amide bonds. The first kappa shape index (κ1) is 15.0. The van der Waals surface area contributed by atoms with Gasteiger partial charge in [0.15, 0.2) is 0 Å². The smallest absolute Gasteiger partial charge is 0.331 e. The molecule has 1 aliphatic rings. The second kappa shape index (κ2) is 8.16. The van der Waals surface area contributed by atoms with Gasteiger partial charge in [0.2, 0.25) is 0 Å². The molecule has 18 heavy (non-hydrogen) atoms. The van der Waals surface area contributed by atoms with Crippen molar-refractivity contribution in [1.29, 1.82) is 0 Å². The first-order valence-corrected chi connectivity index (χ1v) is 7.03. The highest BCUT2D eigenvalue weighted by molar-refractivity contribution is 7.99. The maximum atomic E-state index is 11.3. The number of nitrogens with zero attached hydrogens (tertiary/aromatic N) is 1. The minimum absolute atomic E-state index is 0.210. The van der Waals surface area contributed by atoms with E-state index in [9.17, 15) is 9.59 Å². The number of hydrogen-bond acceptors (Lipinski definition) is 6. The number of methoxy groups -OCH3 is 1. The van der Waals surface area contributed by atoms with Gasteiger partial charge in [0.1, 0.15) is 6.61 Å². The van der Waals surface area contributed by atoms with Gasteiger partial charge in [-0.15, -0.1) is 0 Å². The Morgan fingerprint density at radius 2 is 1.89 bits per heavy atom. The highest BCUT2D eigenvalue weighted by Gasteiger charge is 2.17. The largest absolute Gasteiger partial charge is 0.466 e. The minimum atomic E-state index is -0.562. The molecule has 0 bridgehead atoms. The van der Waals surface area contributed by atoms with Gasteiger partial charge in [0, 0.05) is 42.8 Å². The summed E-state index contributed by atoms with van der Waals surface area (Å²) >= 11 is 1.94. The van der Waals surface area contributed by atoms with Crippen molar-refractivity contribution in [2.45, 2.75) is 13.0 Å². The third-order valence-electron chi connectivity index (χ3n) is 2.69. The second-order valence-corrected chi connectivity index (χ2v) is 5.21. The average Bonchev–Trinajstić information content (AvgIpc) is 2.42. The number of carbonyl (C=O) groups excluding carboxylic acids is 2. The summed E-state index contributed by atoms with van der Waals surface area (Å²) in [4.78, 5) is 24.4. The van der Waals surface area contributed by atoms with Gasteiger partial charge in [0.05, 0.1) is 7.11 Å². The molecule has 0 aliphatic carbocycles. The van der Waals surface area contributed by atoms with E-state index in [0.717, 1.165) is 36.7 Å². The van der Waals surface area contributed by atoms with Crippen molar-refractivity contribution in [2.24, 2.45) is 0 Å². The van der Waals surface area contributed by atoms with E-state index in [0.29, 0.717) is 6.61 Å². The quantitative estimate of drug-likeness (QED) is 0.543. The number of ether oxygens (including phenoxy) is 2. The molecule has 1 fully saturated rings. The molecule has 1 atom stereocenters. The fourth-order valence-electron chi connectivity index (χ4n) is 1.58.